The average molecular weight is 390 g/mol. The highest BCUT2D eigenvalue weighted by Gasteiger charge is 2.25. The number of benzene rings is 2. The second-order valence-corrected chi connectivity index (χ2v) is 6.42. The highest BCUT2D eigenvalue weighted by atomic mass is 16.6. The number of ether oxygens (including phenoxy) is 2. The van der Waals surface area contributed by atoms with Crippen LogP contribution in [0.5, 0.6) is 0 Å². The maximum Gasteiger partial charge on any atom is 0.356 e. The molecule has 0 radical (unpaired) electrons. The van der Waals surface area contributed by atoms with Gasteiger partial charge in [0, 0.05) is 16.3 Å². The van der Waals surface area contributed by atoms with Crippen molar-refractivity contribution in [3.8, 4) is 0 Å². The van der Waals surface area contributed by atoms with E-state index in [0.717, 1.165) is 16.3 Å². The van der Waals surface area contributed by atoms with E-state index >= 15 is 0 Å². The number of aromatic amines is 1. The van der Waals surface area contributed by atoms with Crippen LogP contribution in [0.2, 0.25) is 0 Å². The Bertz CT molecular complexity index is 1200. The summed E-state index contributed by atoms with van der Waals surface area (Å²) in [5.41, 5.74) is 2.08. The van der Waals surface area contributed by atoms with E-state index in [1.165, 1.54) is 7.11 Å². The number of H-pyrrole nitrogens is 1. The van der Waals surface area contributed by atoms with Crippen molar-refractivity contribution in [1.29, 1.82) is 0 Å². The van der Waals surface area contributed by atoms with Crippen LogP contribution < -0.4 is 0 Å². The highest BCUT2D eigenvalue weighted by molar-refractivity contribution is 6.09. The lowest BCUT2D eigenvalue weighted by Crippen LogP contribution is -2.18. The second-order valence-electron chi connectivity index (χ2n) is 6.42. The fraction of sp³-hybridized carbons (Fsp3) is 0.136. The van der Waals surface area contributed by atoms with E-state index in [4.69, 9.17) is 9.47 Å². The van der Waals surface area contributed by atoms with E-state index in [1.54, 1.807) is 36.4 Å². The summed E-state index contributed by atoms with van der Waals surface area (Å²) in [6.45, 7) is -0.499. The summed E-state index contributed by atoms with van der Waals surface area (Å²) in [5.74, 6) is -1.22. The molecule has 7 heteroatoms. The number of carbonyl (C=O) groups excluding carboxylic acids is 2. The minimum Gasteiger partial charge on any atom is -0.464 e. The number of methoxy groups -OCH3 is 1. The monoisotopic (exact) mass is 390 g/mol. The third kappa shape index (κ3) is 3.43. The van der Waals surface area contributed by atoms with Gasteiger partial charge in [0.1, 0.15) is 11.4 Å². The van der Waals surface area contributed by atoms with Gasteiger partial charge in [0.05, 0.1) is 24.8 Å². The number of hydrogen-bond acceptors (Lipinski definition) is 6. The zero-order valence-corrected chi connectivity index (χ0v) is 15.6. The van der Waals surface area contributed by atoms with E-state index in [1.807, 2.05) is 24.3 Å². The summed E-state index contributed by atoms with van der Waals surface area (Å²) in [6.07, 6.45) is -1.07. The van der Waals surface area contributed by atoms with Crippen molar-refractivity contribution in [2.24, 2.45) is 0 Å². The van der Waals surface area contributed by atoms with Crippen LogP contribution in [0.3, 0.4) is 0 Å². The summed E-state index contributed by atoms with van der Waals surface area (Å²) in [7, 11) is 1.27. The first-order valence-electron chi connectivity index (χ1n) is 8.99. The molecule has 0 aliphatic heterocycles. The van der Waals surface area contributed by atoms with Gasteiger partial charge < -0.3 is 19.6 Å². The van der Waals surface area contributed by atoms with E-state index in [0.29, 0.717) is 11.1 Å². The first kappa shape index (κ1) is 18.6. The van der Waals surface area contributed by atoms with Crippen LogP contribution in [0.25, 0.3) is 21.8 Å². The van der Waals surface area contributed by atoms with Gasteiger partial charge in [-0.3, -0.25) is 0 Å². The molecule has 0 saturated carbocycles. The smallest absolute Gasteiger partial charge is 0.356 e. The number of rotatable bonds is 5. The van der Waals surface area contributed by atoms with Crippen LogP contribution in [0, 0.1) is 0 Å². The first-order valence-corrected chi connectivity index (χ1v) is 8.99. The van der Waals surface area contributed by atoms with E-state index < -0.39 is 24.6 Å². The van der Waals surface area contributed by atoms with Gasteiger partial charge in [0.2, 0.25) is 0 Å². The largest absolute Gasteiger partial charge is 0.464 e. The number of fused-ring (bicyclic) bond motifs is 3. The number of nitrogens with zero attached hydrogens (tertiary/aromatic N) is 1. The molecule has 0 aliphatic rings. The fourth-order valence-corrected chi connectivity index (χ4v) is 3.26. The van der Waals surface area contributed by atoms with Crippen LogP contribution in [-0.2, 0) is 9.47 Å². The average Bonchev–Trinajstić information content (AvgIpc) is 3.15. The maximum absolute atomic E-state index is 12.5. The summed E-state index contributed by atoms with van der Waals surface area (Å²) < 4.78 is 10.3. The van der Waals surface area contributed by atoms with Gasteiger partial charge in [-0.05, 0) is 24.3 Å². The lowest BCUT2D eigenvalue weighted by atomic mass is 10.1. The number of para-hydroxylation sites is 1. The number of aliphatic hydroxyl groups excluding tert-OH is 1. The Labute approximate surface area is 165 Å². The van der Waals surface area contributed by atoms with Crippen molar-refractivity contribution >= 4 is 33.7 Å². The number of esters is 2. The van der Waals surface area contributed by atoms with Gasteiger partial charge in [-0.1, -0.05) is 36.4 Å². The molecular weight excluding hydrogens is 372 g/mol. The van der Waals surface area contributed by atoms with Gasteiger partial charge in [-0.15, -0.1) is 0 Å². The second kappa shape index (κ2) is 7.73. The Balaban J connectivity index is 1.85. The van der Waals surface area contributed by atoms with Crippen LogP contribution >= 0.6 is 0 Å². The predicted molar refractivity (Wildman–Crippen MR) is 107 cm³/mol. The Morgan fingerprint density at radius 3 is 2.48 bits per heavy atom. The van der Waals surface area contributed by atoms with Crippen LogP contribution in [-0.4, -0.2) is 40.7 Å². The Morgan fingerprint density at radius 2 is 1.76 bits per heavy atom. The summed E-state index contributed by atoms with van der Waals surface area (Å²) in [5, 5.41) is 11.5. The van der Waals surface area contributed by atoms with E-state index in [9.17, 15) is 14.7 Å². The zero-order valence-electron chi connectivity index (χ0n) is 15.6. The molecule has 0 aliphatic carbocycles. The SMILES string of the molecule is COC(=O)c1cc2c([nH]c3ccccc32)c([C@H](CO)OC(=O)c2ccccc2)n1. The molecule has 7 nitrogen and oxygen atoms in total. The number of carbonyl (C=O) groups is 2. The van der Waals surface area contributed by atoms with Crippen LogP contribution in [0.1, 0.15) is 32.6 Å². The molecule has 0 saturated heterocycles. The molecule has 2 aromatic carbocycles. The van der Waals surface area contributed by atoms with Crippen molar-refractivity contribution in [3.05, 3.63) is 77.6 Å². The van der Waals surface area contributed by atoms with Gasteiger partial charge in [0.15, 0.2) is 6.10 Å². The lowest BCUT2D eigenvalue weighted by Gasteiger charge is -2.17. The van der Waals surface area contributed by atoms with Gasteiger partial charge in [-0.25, -0.2) is 14.6 Å². The third-order valence-corrected chi connectivity index (χ3v) is 4.65. The Morgan fingerprint density at radius 1 is 1.03 bits per heavy atom. The topological polar surface area (TPSA) is 102 Å². The fourth-order valence-electron chi connectivity index (χ4n) is 3.26. The third-order valence-electron chi connectivity index (χ3n) is 4.65. The van der Waals surface area contributed by atoms with Gasteiger partial charge in [-0.2, -0.15) is 0 Å². The van der Waals surface area contributed by atoms with Crippen molar-refractivity contribution in [2.45, 2.75) is 6.10 Å². The molecule has 0 spiro atoms. The normalized spacial score (nSPS) is 12.1. The molecule has 146 valence electrons. The summed E-state index contributed by atoms with van der Waals surface area (Å²) >= 11 is 0. The van der Waals surface area contributed by atoms with Gasteiger partial charge in [0.25, 0.3) is 0 Å². The minimum atomic E-state index is -1.07. The molecule has 4 aromatic rings. The lowest BCUT2D eigenvalue weighted by molar-refractivity contribution is 0.0123. The Hall–Kier alpha value is -3.71. The van der Waals surface area contributed by atoms with Crippen molar-refractivity contribution in [1.82, 2.24) is 9.97 Å². The van der Waals surface area contributed by atoms with Crippen molar-refractivity contribution in [2.75, 3.05) is 13.7 Å². The molecule has 29 heavy (non-hydrogen) atoms. The zero-order chi connectivity index (χ0) is 20.4. The molecule has 2 N–H and O–H groups in total. The van der Waals surface area contributed by atoms with E-state index in [-0.39, 0.29) is 11.4 Å². The molecule has 2 aromatic heterocycles. The molecule has 1 atom stereocenters. The van der Waals surface area contributed by atoms with Crippen molar-refractivity contribution in [3.63, 3.8) is 0 Å². The first-order chi connectivity index (χ1) is 14.1. The summed E-state index contributed by atoms with van der Waals surface area (Å²) in [4.78, 5) is 32.2. The molecule has 0 unspecified atom stereocenters. The maximum atomic E-state index is 12.5. The standard InChI is InChI=1S/C22H18N2O5/c1-28-22(27)17-11-15-14-9-5-6-10-16(14)23-19(15)20(24-17)18(12-25)29-21(26)13-7-3-2-4-8-13/h2-11,18,23,25H,12H2,1H3/t18-/m0/s1. The Kier molecular flexibility index (Phi) is 4.97. The highest BCUT2D eigenvalue weighted by Crippen LogP contribution is 2.32. The van der Waals surface area contributed by atoms with Crippen molar-refractivity contribution < 1.29 is 24.2 Å². The number of pyridine rings is 1. The number of nitrogens with one attached hydrogen (secondary N) is 1. The quantitative estimate of drug-likeness (QED) is 0.507. The molecule has 0 bridgehead atoms. The van der Waals surface area contributed by atoms with Crippen LogP contribution in [0.15, 0.2) is 60.7 Å². The summed E-state index contributed by atoms with van der Waals surface area (Å²) in [6, 6.07) is 17.6. The van der Waals surface area contributed by atoms with Crippen LogP contribution in [0.4, 0.5) is 0 Å². The minimum absolute atomic E-state index is 0.0639. The molecular formula is C22H18N2O5. The van der Waals surface area contributed by atoms with E-state index in [2.05, 4.69) is 9.97 Å². The number of aliphatic hydroxyl groups is 1. The predicted octanol–water partition coefficient (Wildman–Crippen LogP) is 3.39. The number of hydrogen-bond donors (Lipinski definition) is 2. The molecule has 0 amide bonds. The molecule has 4 rings (SSSR count). The molecule has 2 heterocycles. The number of aromatic nitrogens is 2. The van der Waals surface area contributed by atoms with Gasteiger partial charge >= 0.3 is 11.9 Å². The molecule has 0 fully saturated rings.